The van der Waals surface area contributed by atoms with Gasteiger partial charge in [-0.25, -0.2) is 8.42 Å². The van der Waals surface area contributed by atoms with Crippen molar-refractivity contribution in [2.24, 2.45) is 0 Å². The molecule has 0 radical (unpaired) electrons. The van der Waals surface area contributed by atoms with Crippen LogP contribution in [0.25, 0.3) is 0 Å². The zero-order chi connectivity index (χ0) is 19.9. The number of carbonyl (C=O) groups excluding carboxylic acids is 1. The minimum atomic E-state index is -3.64. The topological polar surface area (TPSA) is 66.5 Å². The molecular weight excluding hydrogens is 384 g/mol. The van der Waals surface area contributed by atoms with Gasteiger partial charge in [-0.3, -0.25) is 4.79 Å². The van der Waals surface area contributed by atoms with Gasteiger partial charge in [0.25, 0.3) is 5.91 Å². The number of aryl methyl sites for hydroxylation is 1. The molecule has 0 saturated carbocycles. The number of nitrogens with one attached hydrogen (secondary N) is 1. The van der Waals surface area contributed by atoms with Crippen LogP contribution in [0.5, 0.6) is 0 Å². The van der Waals surface area contributed by atoms with E-state index in [-0.39, 0.29) is 21.4 Å². The molecule has 0 aromatic heterocycles. The van der Waals surface area contributed by atoms with Gasteiger partial charge in [0.15, 0.2) is 0 Å². The van der Waals surface area contributed by atoms with Crippen LogP contribution in [0.4, 0.5) is 0 Å². The monoisotopic (exact) mass is 408 g/mol. The van der Waals surface area contributed by atoms with E-state index in [1.54, 1.807) is 13.8 Å². The standard InChI is InChI=1S/C20H25ClN2O3S/c1-3-23(4-2)27(25,26)17-12-13-19(21)18(15-17)20(24)22-14-8-11-16-9-6-5-7-10-16/h5-7,9-10,12-13,15H,3-4,8,11,14H2,1-2H3,(H,22,24). The summed E-state index contributed by atoms with van der Waals surface area (Å²) < 4.78 is 26.6. The molecule has 0 spiro atoms. The largest absolute Gasteiger partial charge is 0.352 e. The molecule has 0 aliphatic rings. The Kier molecular flexibility index (Phi) is 7.83. The lowest BCUT2D eigenvalue weighted by Crippen LogP contribution is -2.31. The van der Waals surface area contributed by atoms with Crippen molar-refractivity contribution in [1.82, 2.24) is 9.62 Å². The average molecular weight is 409 g/mol. The Morgan fingerprint density at radius 1 is 1.07 bits per heavy atom. The van der Waals surface area contributed by atoms with Gasteiger partial charge in [-0.15, -0.1) is 0 Å². The van der Waals surface area contributed by atoms with Gasteiger partial charge in [0.05, 0.1) is 15.5 Å². The number of sulfonamides is 1. The lowest BCUT2D eigenvalue weighted by molar-refractivity contribution is 0.0953. The molecule has 7 heteroatoms. The van der Waals surface area contributed by atoms with Crippen LogP contribution in [0.3, 0.4) is 0 Å². The van der Waals surface area contributed by atoms with E-state index < -0.39 is 10.0 Å². The Bertz CT molecular complexity index is 866. The second kappa shape index (κ2) is 9.88. The summed E-state index contributed by atoms with van der Waals surface area (Å²) in [5.74, 6) is -0.371. The molecule has 0 heterocycles. The Balaban J connectivity index is 2.05. The van der Waals surface area contributed by atoms with Crippen molar-refractivity contribution in [3.63, 3.8) is 0 Å². The fourth-order valence-electron chi connectivity index (χ4n) is 2.79. The summed E-state index contributed by atoms with van der Waals surface area (Å²) in [6.07, 6.45) is 1.63. The normalized spacial score (nSPS) is 11.6. The summed E-state index contributed by atoms with van der Waals surface area (Å²) in [6, 6.07) is 14.2. The first kappa shape index (κ1) is 21.4. The van der Waals surface area contributed by atoms with Gasteiger partial charge in [0, 0.05) is 19.6 Å². The van der Waals surface area contributed by atoms with Gasteiger partial charge in [-0.1, -0.05) is 55.8 Å². The summed E-state index contributed by atoms with van der Waals surface area (Å²) >= 11 is 6.13. The SMILES string of the molecule is CCN(CC)S(=O)(=O)c1ccc(Cl)c(C(=O)NCCCc2ccccc2)c1. The molecule has 5 nitrogen and oxygen atoms in total. The molecule has 2 aromatic carbocycles. The molecule has 1 amide bonds. The zero-order valence-electron chi connectivity index (χ0n) is 15.6. The number of benzene rings is 2. The van der Waals surface area contributed by atoms with E-state index in [1.807, 2.05) is 30.3 Å². The Labute approximate surface area is 166 Å². The number of rotatable bonds is 9. The van der Waals surface area contributed by atoms with Gasteiger partial charge in [-0.05, 0) is 36.6 Å². The second-order valence-electron chi connectivity index (χ2n) is 6.08. The lowest BCUT2D eigenvalue weighted by Gasteiger charge is -2.19. The highest BCUT2D eigenvalue weighted by atomic mass is 35.5. The van der Waals surface area contributed by atoms with E-state index in [9.17, 15) is 13.2 Å². The van der Waals surface area contributed by atoms with E-state index >= 15 is 0 Å². The maximum Gasteiger partial charge on any atom is 0.252 e. The highest BCUT2D eigenvalue weighted by molar-refractivity contribution is 7.89. The molecule has 0 aliphatic heterocycles. The van der Waals surface area contributed by atoms with Gasteiger partial charge in [-0.2, -0.15) is 4.31 Å². The third-order valence-electron chi connectivity index (χ3n) is 4.30. The van der Waals surface area contributed by atoms with Gasteiger partial charge >= 0.3 is 0 Å². The quantitative estimate of drug-likeness (QED) is 0.643. The fraction of sp³-hybridized carbons (Fsp3) is 0.350. The van der Waals surface area contributed by atoms with Crippen molar-refractivity contribution in [3.8, 4) is 0 Å². The van der Waals surface area contributed by atoms with Crippen LogP contribution >= 0.6 is 11.6 Å². The smallest absolute Gasteiger partial charge is 0.252 e. The van der Waals surface area contributed by atoms with Crippen LogP contribution in [0.15, 0.2) is 53.4 Å². The van der Waals surface area contributed by atoms with Crippen molar-refractivity contribution in [2.75, 3.05) is 19.6 Å². The molecular formula is C20H25ClN2O3S. The highest BCUT2D eigenvalue weighted by Gasteiger charge is 2.23. The Hall–Kier alpha value is -1.89. The number of hydrogen-bond donors (Lipinski definition) is 1. The molecule has 27 heavy (non-hydrogen) atoms. The molecule has 0 aliphatic carbocycles. The predicted molar refractivity (Wildman–Crippen MR) is 109 cm³/mol. The summed E-state index contributed by atoms with van der Waals surface area (Å²) in [6.45, 7) is 4.76. The molecule has 146 valence electrons. The van der Waals surface area contributed by atoms with Gasteiger partial charge < -0.3 is 5.32 Å². The van der Waals surface area contributed by atoms with Crippen LogP contribution in [0.1, 0.15) is 36.2 Å². The van der Waals surface area contributed by atoms with E-state index in [4.69, 9.17) is 11.6 Å². The van der Waals surface area contributed by atoms with Gasteiger partial charge in [0.2, 0.25) is 10.0 Å². The lowest BCUT2D eigenvalue weighted by atomic mass is 10.1. The van der Waals surface area contributed by atoms with E-state index in [2.05, 4.69) is 5.32 Å². The maximum absolute atomic E-state index is 12.6. The van der Waals surface area contributed by atoms with Crippen molar-refractivity contribution in [2.45, 2.75) is 31.6 Å². The zero-order valence-corrected chi connectivity index (χ0v) is 17.2. The highest BCUT2D eigenvalue weighted by Crippen LogP contribution is 2.23. The van der Waals surface area contributed by atoms with E-state index in [0.717, 1.165) is 12.8 Å². The summed E-state index contributed by atoms with van der Waals surface area (Å²) in [5.41, 5.74) is 1.38. The van der Waals surface area contributed by atoms with Crippen LogP contribution in [-0.2, 0) is 16.4 Å². The van der Waals surface area contributed by atoms with Crippen molar-refractivity contribution in [1.29, 1.82) is 0 Å². The van der Waals surface area contributed by atoms with Crippen LogP contribution in [0.2, 0.25) is 5.02 Å². The first-order valence-electron chi connectivity index (χ1n) is 9.02. The van der Waals surface area contributed by atoms with E-state index in [0.29, 0.717) is 19.6 Å². The summed E-state index contributed by atoms with van der Waals surface area (Å²) in [7, 11) is -3.64. The summed E-state index contributed by atoms with van der Waals surface area (Å²) in [5, 5.41) is 3.04. The Morgan fingerprint density at radius 2 is 1.74 bits per heavy atom. The van der Waals surface area contributed by atoms with Crippen molar-refractivity contribution < 1.29 is 13.2 Å². The molecule has 2 aromatic rings. The Morgan fingerprint density at radius 3 is 2.37 bits per heavy atom. The predicted octanol–water partition coefficient (Wildman–Crippen LogP) is 3.73. The fourth-order valence-corrected chi connectivity index (χ4v) is 4.47. The number of nitrogens with zero attached hydrogens (tertiary/aromatic N) is 1. The first-order valence-corrected chi connectivity index (χ1v) is 10.8. The van der Waals surface area contributed by atoms with Gasteiger partial charge in [0.1, 0.15) is 0 Å². The molecule has 2 rings (SSSR count). The first-order chi connectivity index (χ1) is 12.9. The molecule has 0 fully saturated rings. The number of hydrogen-bond acceptors (Lipinski definition) is 3. The average Bonchev–Trinajstić information content (AvgIpc) is 2.67. The molecule has 1 N–H and O–H groups in total. The summed E-state index contributed by atoms with van der Waals surface area (Å²) in [4.78, 5) is 12.5. The van der Waals surface area contributed by atoms with Crippen molar-refractivity contribution >= 4 is 27.5 Å². The third-order valence-corrected chi connectivity index (χ3v) is 6.67. The molecule has 0 bridgehead atoms. The van der Waals surface area contributed by atoms with Crippen LogP contribution < -0.4 is 5.32 Å². The number of carbonyl (C=O) groups is 1. The number of amides is 1. The van der Waals surface area contributed by atoms with Crippen LogP contribution in [0, 0.1) is 0 Å². The third kappa shape index (κ3) is 5.54. The van der Waals surface area contributed by atoms with E-state index in [1.165, 1.54) is 28.1 Å². The number of halogens is 1. The molecule has 0 atom stereocenters. The molecule has 0 unspecified atom stereocenters. The maximum atomic E-state index is 12.6. The minimum absolute atomic E-state index is 0.0741. The van der Waals surface area contributed by atoms with Crippen molar-refractivity contribution in [3.05, 3.63) is 64.7 Å². The molecule has 0 saturated heterocycles. The minimum Gasteiger partial charge on any atom is -0.352 e. The van der Waals surface area contributed by atoms with Crippen LogP contribution in [-0.4, -0.2) is 38.3 Å². The second-order valence-corrected chi connectivity index (χ2v) is 8.42.